The van der Waals surface area contributed by atoms with E-state index < -0.39 is 0 Å². The average molecular weight is 327 g/mol. The second-order valence-corrected chi connectivity index (χ2v) is 5.95. The zero-order valence-electron chi connectivity index (χ0n) is 14.4. The normalized spacial score (nSPS) is 11.6. The molecule has 0 aliphatic carbocycles. The molecule has 1 unspecified atom stereocenters. The number of carbonyl (C=O) groups is 1. The Labute approximate surface area is 141 Å². The molecule has 22 heavy (non-hydrogen) atoms. The molecule has 1 aromatic rings. The van der Waals surface area contributed by atoms with Gasteiger partial charge in [-0.15, -0.1) is 12.4 Å². The molecule has 1 rings (SSSR count). The van der Waals surface area contributed by atoms with E-state index in [0.717, 1.165) is 23.2 Å². The van der Waals surface area contributed by atoms with Crippen LogP contribution in [0.4, 0.5) is 5.69 Å². The quantitative estimate of drug-likeness (QED) is 0.650. The third-order valence-corrected chi connectivity index (χ3v) is 3.85. The molecular formula is C18H31ClN2O. The van der Waals surface area contributed by atoms with Crippen LogP contribution in [0.15, 0.2) is 18.2 Å². The molecule has 1 amide bonds. The Hall–Kier alpha value is -1.06. The van der Waals surface area contributed by atoms with E-state index in [9.17, 15) is 4.79 Å². The Bertz CT molecular complexity index is 428. The lowest BCUT2D eigenvalue weighted by Crippen LogP contribution is -2.34. The van der Waals surface area contributed by atoms with Gasteiger partial charge in [-0.25, -0.2) is 0 Å². The number of amides is 1. The van der Waals surface area contributed by atoms with E-state index in [-0.39, 0.29) is 18.3 Å². The molecule has 0 saturated carbocycles. The topological polar surface area (TPSA) is 41.1 Å². The lowest BCUT2D eigenvalue weighted by Gasteiger charge is -2.15. The van der Waals surface area contributed by atoms with Gasteiger partial charge < -0.3 is 10.6 Å². The second kappa shape index (κ2) is 11.5. The zero-order valence-corrected chi connectivity index (χ0v) is 15.2. The van der Waals surface area contributed by atoms with Gasteiger partial charge in [-0.05, 0) is 38.3 Å². The molecule has 0 spiro atoms. The highest BCUT2D eigenvalue weighted by Gasteiger charge is 2.08. The minimum atomic E-state index is 0. The van der Waals surface area contributed by atoms with Crippen LogP contribution in [-0.2, 0) is 4.79 Å². The van der Waals surface area contributed by atoms with E-state index in [4.69, 9.17) is 0 Å². The highest BCUT2D eigenvalue weighted by molar-refractivity contribution is 5.93. The number of halogens is 1. The maximum atomic E-state index is 12.0. The number of para-hydroxylation sites is 1. The van der Waals surface area contributed by atoms with Gasteiger partial charge in [0.1, 0.15) is 0 Å². The number of hydrogen-bond acceptors (Lipinski definition) is 2. The Balaban J connectivity index is 0.00000441. The first-order chi connectivity index (χ1) is 10.0. The SMILES string of the molecule is CCCCCCC(C)NCC(=O)Nc1c(C)cccc1C.Cl. The van der Waals surface area contributed by atoms with Crippen LogP contribution in [-0.4, -0.2) is 18.5 Å². The van der Waals surface area contributed by atoms with Crippen molar-refractivity contribution in [2.45, 2.75) is 65.8 Å². The van der Waals surface area contributed by atoms with Gasteiger partial charge in [0, 0.05) is 11.7 Å². The van der Waals surface area contributed by atoms with Crippen molar-refractivity contribution in [3.05, 3.63) is 29.3 Å². The van der Waals surface area contributed by atoms with Crippen LogP contribution in [0.3, 0.4) is 0 Å². The third kappa shape index (κ3) is 7.81. The lowest BCUT2D eigenvalue weighted by molar-refractivity contribution is -0.115. The highest BCUT2D eigenvalue weighted by atomic mass is 35.5. The van der Waals surface area contributed by atoms with E-state index in [1.165, 1.54) is 25.7 Å². The van der Waals surface area contributed by atoms with Gasteiger partial charge in [0.05, 0.1) is 6.54 Å². The number of anilines is 1. The van der Waals surface area contributed by atoms with Crippen molar-refractivity contribution >= 4 is 24.0 Å². The fourth-order valence-corrected chi connectivity index (χ4v) is 2.44. The molecule has 3 nitrogen and oxygen atoms in total. The smallest absolute Gasteiger partial charge is 0.238 e. The molecular weight excluding hydrogens is 296 g/mol. The molecule has 2 N–H and O–H groups in total. The number of hydrogen-bond donors (Lipinski definition) is 2. The summed E-state index contributed by atoms with van der Waals surface area (Å²) in [5.41, 5.74) is 3.16. The van der Waals surface area contributed by atoms with Gasteiger partial charge in [0.2, 0.25) is 5.91 Å². The largest absolute Gasteiger partial charge is 0.324 e. The van der Waals surface area contributed by atoms with Crippen molar-refractivity contribution in [3.63, 3.8) is 0 Å². The minimum Gasteiger partial charge on any atom is -0.324 e. The van der Waals surface area contributed by atoms with Crippen LogP contribution >= 0.6 is 12.4 Å². The summed E-state index contributed by atoms with van der Waals surface area (Å²) in [4.78, 5) is 12.0. The summed E-state index contributed by atoms with van der Waals surface area (Å²) in [5, 5.41) is 6.32. The third-order valence-electron chi connectivity index (χ3n) is 3.85. The van der Waals surface area contributed by atoms with Crippen LogP contribution in [0.2, 0.25) is 0 Å². The molecule has 0 fully saturated rings. The Morgan fingerprint density at radius 3 is 2.36 bits per heavy atom. The minimum absolute atomic E-state index is 0. The molecule has 0 saturated heterocycles. The van der Waals surface area contributed by atoms with Crippen molar-refractivity contribution in [2.75, 3.05) is 11.9 Å². The first-order valence-electron chi connectivity index (χ1n) is 8.14. The Morgan fingerprint density at radius 1 is 1.14 bits per heavy atom. The molecule has 4 heteroatoms. The van der Waals surface area contributed by atoms with Gasteiger partial charge in [-0.2, -0.15) is 0 Å². The summed E-state index contributed by atoms with van der Waals surface area (Å²) in [6.07, 6.45) is 6.23. The highest BCUT2D eigenvalue weighted by Crippen LogP contribution is 2.19. The van der Waals surface area contributed by atoms with Crippen LogP contribution in [0.25, 0.3) is 0 Å². The van der Waals surface area contributed by atoms with Crippen molar-refractivity contribution in [1.82, 2.24) is 5.32 Å². The summed E-state index contributed by atoms with van der Waals surface area (Å²) >= 11 is 0. The summed E-state index contributed by atoms with van der Waals surface area (Å²) in [7, 11) is 0. The summed E-state index contributed by atoms with van der Waals surface area (Å²) in [6.45, 7) is 8.79. The van der Waals surface area contributed by atoms with Crippen LogP contribution in [0, 0.1) is 13.8 Å². The number of aryl methyl sites for hydroxylation is 2. The van der Waals surface area contributed by atoms with E-state index in [1.54, 1.807) is 0 Å². The first-order valence-corrected chi connectivity index (χ1v) is 8.14. The molecule has 0 aromatic heterocycles. The number of nitrogens with one attached hydrogen (secondary N) is 2. The molecule has 0 heterocycles. The van der Waals surface area contributed by atoms with Crippen LogP contribution < -0.4 is 10.6 Å². The fraction of sp³-hybridized carbons (Fsp3) is 0.611. The molecule has 1 atom stereocenters. The molecule has 0 aliphatic rings. The Kier molecular flexibility index (Phi) is 10.9. The predicted molar refractivity (Wildman–Crippen MR) is 98.0 cm³/mol. The zero-order chi connectivity index (χ0) is 15.7. The summed E-state index contributed by atoms with van der Waals surface area (Å²) in [5.74, 6) is 0.0350. The number of carbonyl (C=O) groups excluding carboxylic acids is 1. The van der Waals surface area contributed by atoms with Gasteiger partial charge >= 0.3 is 0 Å². The molecule has 1 aromatic carbocycles. The molecule has 0 aliphatic heterocycles. The van der Waals surface area contributed by atoms with Gasteiger partial charge in [0.25, 0.3) is 0 Å². The summed E-state index contributed by atoms with van der Waals surface area (Å²) in [6, 6.07) is 6.45. The van der Waals surface area contributed by atoms with Gasteiger partial charge in [-0.1, -0.05) is 50.8 Å². The van der Waals surface area contributed by atoms with Crippen LogP contribution in [0.1, 0.15) is 57.1 Å². The first kappa shape index (κ1) is 20.9. The molecule has 126 valence electrons. The lowest BCUT2D eigenvalue weighted by atomic mass is 10.1. The molecule has 0 bridgehead atoms. The average Bonchev–Trinajstić information content (AvgIpc) is 2.45. The van der Waals surface area contributed by atoms with E-state index >= 15 is 0 Å². The number of benzene rings is 1. The Morgan fingerprint density at radius 2 is 1.77 bits per heavy atom. The van der Waals surface area contributed by atoms with Crippen molar-refractivity contribution in [1.29, 1.82) is 0 Å². The van der Waals surface area contributed by atoms with E-state index in [2.05, 4.69) is 24.5 Å². The van der Waals surface area contributed by atoms with Crippen molar-refractivity contribution in [3.8, 4) is 0 Å². The standard InChI is InChI=1S/C18H30N2O.ClH/c1-5-6-7-8-12-16(4)19-13-17(21)20-18-14(2)10-9-11-15(18)3;/h9-11,16,19H,5-8,12-13H2,1-4H3,(H,20,21);1H. The van der Waals surface area contributed by atoms with Crippen LogP contribution in [0.5, 0.6) is 0 Å². The maximum absolute atomic E-state index is 12.0. The van der Waals surface area contributed by atoms with E-state index in [0.29, 0.717) is 12.6 Å². The van der Waals surface area contributed by atoms with Crippen molar-refractivity contribution < 1.29 is 4.79 Å². The summed E-state index contributed by atoms with van der Waals surface area (Å²) < 4.78 is 0. The number of rotatable bonds is 9. The monoisotopic (exact) mass is 326 g/mol. The maximum Gasteiger partial charge on any atom is 0.238 e. The predicted octanol–water partition coefficient (Wildman–Crippen LogP) is 4.61. The van der Waals surface area contributed by atoms with E-state index in [1.807, 2.05) is 32.0 Å². The fourth-order valence-electron chi connectivity index (χ4n) is 2.44. The second-order valence-electron chi connectivity index (χ2n) is 5.95. The van der Waals surface area contributed by atoms with Gasteiger partial charge in [0.15, 0.2) is 0 Å². The molecule has 0 radical (unpaired) electrons. The van der Waals surface area contributed by atoms with Crippen molar-refractivity contribution in [2.24, 2.45) is 0 Å². The number of unbranched alkanes of at least 4 members (excludes halogenated alkanes) is 3. The van der Waals surface area contributed by atoms with Gasteiger partial charge in [-0.3, -0.25) is 4.79 Å².